The average Bonchev–Trinajstić information content (AvgIpc) is 2.98. The van der Waals surface area contributed by atoms with Crippen LogP contribution in [-0.2, 0) is 0 Å². The fourth-order valence-electron chi connectivity index (χ4n) is 2.44. The van der Waals surface area contributed by atoms with Gasteiger partial charge in [0.25, 0.3) is 0 Å². The third kappa shape index (κ3) is 2.95. The molecule has 5 heteroatoms. The van der Waals surface area contributed by atoms with Crippen LogP contribution in [0.4, 0.5) is 5.82 Å². The fraction of sp³-hybridized carbons (Fsp3) is 0.312. The van der Waals surface area contributed by atoms with Gasteiger partial charge in [-0.1, -0.05) is 0 Å². The number of hydrogen-bond donors (Lipinski definition) is 0. The molecule has 1 atom stereocenters. The minimum absolute atomic E-state index is 0.156. The highest BCUT2D eigenvalue weighted by Gasteiger charge is 2.25. The molecule has 0 aromatic carbocycles. The molecule has 0 spiro atoms. The Balaban J connectivity index is 1.65. The highest BCUT2D eigenvalue weighted by molar-refractivity contribution is 5.43. The fourth-order valence-corrected chi connectivity index (χ4v) is 2.44. The Kier molecular flexibility index (Phi) is 3.69. The molecule has 2 aromatic rings. The molecule has 1 aliphatic rings. The molecule has 1 unspecified atom stereocenters. The van der Waals surface area contributed by atoms with Gasteiger partial charge in [-0.25, -0.2) is 4.98 Å². The van der Waals surface area contributed by atoms with Crippen molar-refractivity contribution in [2.75, 3.05) is 18.0 Å². The van der Waals surface area contributed by atoms with E-state index in [0.29, 0.717) is 5.56 Å². The number of nitrogens with zero attached hydrogens (tertiary/aromatic N) is 4. The smallest absolute Gasteiger partial charge is 0.128 e. The van der Waals surface area contributed by atoms with Crippen molar-refractivity contribution in [3.05, 3.63) is 47.9 Å². The maximum absolute atomic E-state index is 8.80. The average molecular weight is 280 g/mol. The van der Waals surface area contributed by atoms with Crippen LogP contribution in [-0.4, -0.2) is 29.2 Å². The van der Waals surface area contributed by atoms with Crippen molar-refractivity contribution in [2.24, 2.45) is 0 Å². The van der Waals surface area contributed by atoms with Crippen molar-refractivity contribution >= 4 is 5.82 Å². The van der Waals surface area contributed by atoms with E-state index >= 15 is 0 Å². The molecule has 0 N–H and O–H groups in total. The lowest BCUT2D eigenvalue weighted by Crippen LogP contribution is -2.25. The summed E-state index contributed by atoms with van der Waals surface area (Å²) in [6.45, 7) is 3.71. The summed E-state index contributed by atoms with van der Waals surface area (Å²) in [6, 6.07) is 7.66. The van der Waals surface area contributed by atoms with E-state index in [1.54, 1.807) is 18.5 Å². The van der Waals surface area contributed by atoms with E-state index in [4.69, 9.17) is 10.00 Å². The number of aryl methyl sites for hydroxylation is 1. The summed E-state index contributed by atoms with van der Waals surface area (Å²) >= 11 is 0. The number of hydrogen-bond acceptors (Lipinski definition) is 5. The first-order valence-electron chi connectivity index (χ1n) is 6.94. The van der Waals surface area contributed by atoms with Crippen molar-refractivity contribution in [1.29, 1.82) is 5.26 Å². The SMILES string of the molecule is Cc1cnccc1OC1CCN(c2ccc(C#N)cn2)C1. The summed E-state index contributed by atoms with van der Waals surface area (Å²) in [4.78, 5) is 10.6. The highest BCUT2D eigenvalue weighted by Crippen LogP contribution is 2.23. The number of pyridine rings is 2. The zero-order valence-corrected chi connectivity index (χ0v) is 11.9. The van der Waals surface area contributed by atoms with Gasteiger partial charge in [0.05, 0.1) is 12.1 Å². The topological polar surface area (TPSA) is 62.0 Å². The minimum atomic E-state index is 0.156. The van der Waals surface area contributed by atoms with Crippen LogP contribution in [0.5, 0.6) is 5.75 Å². The number of nitriles is 1. The van der Waals surface area contributed by atoms with E-state index in [2.05, 4.69) is 20.9 Å². The summed E-state index contributed by atoms with van der Waals surface area (Å²) in [5.74, 6) is 1.79. The third-order valence-corrected chi connectivity index (χ3v) is 3.61. The first-order chi connectivity index (χ1) is 10.3. The van der Waals surface area contributed by atoms with Gasteiger partial charge in [-0.2, -0.15) is 5.26 Å². The molecule has 0 radical (unpaired) electrons. The Bertz CT molecular complexity index is 663. The Morgan fingerprint density at radius 2 is 2.24 bits per heavy atom. The summed E-state index contributed by atoms with van der Waals surface area (Å²) in [5, 5.41) is 8.80. The molecule has 0 aliphatic carbocycles. The summed E-state index contributed by atoms with van der Waals surface area (Å²) in [6.07, 6.45) is 6.28. The van der Waals surface area contributed by atoms with E-state index in [9.17, 15) is 0 Å². The van der Waals surface area contributed by atoms with Gasteiger partial charge in [0.2, 0.25) is 0 Å². The van der Waals surface area contributed by atoms with Gasteiger partial charge in [0.1, 0.15) is 23.7 Å². The Morgan fingerprint density at radius 3 is 2.95 bits per heavy atom. The van der Waals surface area contributed by atoms with Crippen LogP contribution in [0.1, 0.15) is 17.5 Å². The lowest BCUT2D eigenvalue weighted by Gasteiger charge is -2.18. The normalized spacial score (nSPS) is 17.5. The molecule has 1 aliphatic heterocycles. The zero-order valence-electron chi connectivity index (χ0n) is 11.9. The second-order valence-corrected chi connectivity index (χ2v) is 5.13. The maximum atomic E-state index is 8.80. The zero-order chi connectivity index (χ0) is 14.7. The number of anilines is 1. The van der Waals surface area contributed by atoms with Gasteiger partial charge in [0.15, 0.2) is 0 Å². The molecular weight excluding hydrogens is 264 g/mol. The Hall–Kier alpha value is -2.61. The van der Waals surface area contributed by atoms with Crippen LogP contribution in [0.15, 0.2) is 36.8 Å². The van der Waals surface area contributed by atoms with Gasteiger partial charge >= 0.3 is 0 Å². The van der Waals surface area contributed by atoms with Crippen LogP contribution in [0, 0.1) is 18.3 Å². The van der Waals surface area contributed by atoms with Crippen molar-refractivity contribution in [3.63, 3.8) is 0 Å². The van der Waals surface area contributed by atoms with Gasteiger partial charge in [-0.05, 0) is 25.1 Å². The standard InChI is InChI=1S/C16H16N4O/c1-12-9-18-6-4-15(12)21-14-5-7-20(11-14)16-3-2-13(8-17)10-19-16/h2-4,6,9-10,14H,5,7,11H2,1H3. The number of aromatic nitrogens is 2. The maximum Gasteiger partial charge on any atom is 0.128 e. The molecule has 1 fully saturated rings. The first-order valence-corrected chi connectivity index (χ1v) is 6.94. The van der Waals surface area contributed by atoms with Crippen LogP contribution in [0.3, 0.4) is 0 Å². The van der Waals surface area contributed by atoms with E-state index in [1.165, 1.54) is 0 Å². The minimum Gasteiger partial charge on any atom is -0.488 e. The molecule has 0 amide bonds. The predicted octanol–water partition coefficient (Wildman–Crippen LogP) is 2.31. The molecule has 21 heavy (non-hydrogen) atoms. The van der Waals surface area contributed by atoms with Crippen LogP contribution in [0.25, 0.3) is 0 Å². The summed E-state index contributed by atoms with van der Waals surface area (Å²) in [7, 11) is 0. The molecule has 106 valence electrons. The van der Waals surface area contributed by atoms with Crippen molar-refractivity contribution in [3.8, 4) is 11.8 Å². The molecule has 3 rings (SSSR count). The highest BCUT2D eigenvalue weighted by atomic mass is 16.5. The third-order valence-electron chi connectivity index (χ3n) is 3.61. The molecule has 0 bridgehead atoms. The number of rotatable bonds is 3. The summed E-state index contributed by atoms with van der Waals surface area (Å²) < 4.78 is 6.04. The van der Waals surface area contributed by atoms with Crippen LogP contribution in [0.2, 0.25) is 0 Å². The van der Waals surface area contributed by atoms with E-state index in [1.807, 2.05) is 25.3 Å². The van der Waals surface area contributed by atoms with Crippen molar-refractivity contribution in [2.45, 2.75) is 19.4 Å². The molecule has 3 heterocycles. The van der Waals surface area contributed by atoms with E-state index < -0.39 is 0 Å². The van der Waals surface area contributed by atoms with Crippen LogP contribution < -0.4 is 9.64 Å². The van der Waals surface area contributed by atoms with Gasteiger partial charge in [-0.15, -0.1) is 0 Å². The summed E-state index contributed by atoms with van der Waals surface area (Å²) in [5.41, 5.74) is 1.63. The van der Waals surface area contributed by atoms with Crippen molar-refractivity contribution < 1.29 is 4.74 Å². The second kappa shape index (κ2) is 5.80. The molecule has 0 saturated carbocycles. The number of ether oxygens (including phenoxy) is 1. The lowest BCUT2D eigenvalue weighted by molar-refractivity contribution is 0.223. The second-order valence-electron chi connectivity index (χ2n) is 5.13. The van der Waals surface area contributed by atoms with Gasteiger partial charge < -0.3 is 9.64 Å². The van der Waals surface area contributed by atoms with Gasteiger partial charge in [0, 0.05) is 37.1 Å². The quantitative estimate of drug-likeness (QED) is 0.863. The predicted molar refractivity (Wildman–Crippen MR) is 79.2 cm³/mol. The monoisotopic (exact) mass is 280 g/mol. The largest absolute Gasteiger partial charge is 0.488 e. The lowest BCUT2D eigenvalue weighted by atomic mass is 10.2. The molecule has 5 nitrogen and oxygen atoms in total. The molecule has 1 saturated heterocycles. The van der Waals surface area contributed by atoms with Crippen LogP contribution >= 0.6 is 0 Å². The van der Waals surface area contributed by atoms with E-state index in [-0.39, 0.29) is 6.10 Å². The van der Waals surface area contributed by atoms with Crippen molar-refractivity contribution in [1.82, 2.24) is 9.97 Å². The Labute approximate surface area is 123 Å². The first kappa shape index (κ1) is 13.4. The Morgan fingerprint density at radius 1 is 1.33 bits per heavy atom. The van der Waals surface area contributed by atoms with E-state index in [0.717, 1.165) is 36.6 Å². The van der Waals surface area contributed by atoms with Gasteiger partial charge in [-0.3, -0.25) is 4.98 Å². The molecule has 2 aromatic heterocycles. The molecular formula is C16H16N4O.